The predicted octanol–water partition coefficient (Wildman–Crippen LogP) is 2.13. The van der Waals surface area contributed by atoms with Crippen molar-refractivity contribution in [1.29, 1.82) is 0 Å². The highest BCUT2D eigenvalue weighted by atomic mass is 19.1. The minimum absolute atomic E-state index is 0.230. The normalized spacial score (nSPS) is 9.67. The summed E-state index contributed by atoms with van der Waals surface area (Å²) in [7, 11) is 0. The third-order valence-electron chi connectivity index (χ3n) is 2.74. The van der Waals surface area contributed by atoms with Crippen molar-refractivity contribution in [3.05, 3.63) is 59.2 Å². The van der Waals surface area contributed by atoms with Crippen molar-refractivity contribution in [2.45, 2.75) is 6.92 Å². The Morgan fingerprint density at radius 2 is 2.19 bits per heavy atom. The summed E-state index contributed by atoms with van der Waals surface area (Å²) in [5.74, 6) is 4.45. The average Bonchev–Trinajstić information content (AvgIpc) is 2.48. The Labute approximate surface area is 121 Å². The molecule has 0 saturated heterocycles. The van der Waals surface area contributed by atoms with E-state index in [9.17, 15) is 9.18 Å². The van der Waals surface area contributed by atoms with Crippen LogP contribution in [-0.2, 0) is 0 Å². The molecular weight excluding hydrogens is 271 g/mol. The molecule has 0 spiro atoms. The smallest absolute Gasteiger partial charge is 0.274 e. The maximum atomic E-state index is 13.0. The summed E-state index contributed by atoms with van der Waals surface area (Å²) in [6.07, 6.45) is 1.45. The van der Waals surface area contributed by atoms with Gasteiger partial charge in [-0.25, -0.2) is 9.37 Å². The van der Waals surface area contributed by atoms with Crippen LogP contribution < -0.4 is 5.32 Å². The molecule has 0 radical (unpaired) electrons. The van der Waals surface area contributed by atoms with E-state index in [1.807, 2.05) is 0 Å². The first-order valence-corrected chi connectivity index (χ1v) is 6.23. The fourth-order valence-corrected chi connectivity index (χ4v) is 1.70. The summed E-state index contributed by atoms with van der Waals surface area (Å²) in [5, 5.41) is 11.3. The van der Waals surface area contributed by atoms with Gasteiger partial charge in [0, 0.05) is 17.4 Å². The van der Waals surface area contributed by atoms with E-state index in [-0.39, 0.29) is 24.0 Å². The number of rotatable bonds is 2. The Bertz CT molecular complexity index is 715. The lowest BCUT2D eigenvalue weighted by atomic mass is 10.2. The van der Waals surface area contributed by atoms with Crippen LogP contribution in [0.25, 0.3) is 0 Å². The molecule has 0 fully saturated rings. The monoisotopic (exact) mass is 284 g/mol. The Kier molecular flexibility index (Phi) is 4.64. The number of aliphatic hydroxyl groups is 1. The fraction of sp³-hybridized carbons (Fsp3) is 0.125. The van der Waals surface area contributed by atoms with Crippen LogP contribution in [0, 0.1) is 24.6 Å². The first kappa shape index (κ1) is 14.7. The van der Waals surface area contributed by atoms with Gasteiger partial charge in [-0.15, -0.1) is 0 Å². The summed E-state index contributed by atoms with van der Waals surface area (Å²) >= 11 is 0. The molecule has 0 unspecified atom stereocenters. The van der Waals surface area contributed by atoms with Crippen molar-refractivity contribution in [1.82, 2.24) is 4.98 Å². The number of anilines is 1. The van der Waals surface area contributed by atoms with Gasteiger partial charge in [-0.1, -0.05) is 11.8 Å². The summed E-state index contributed by atoms with van der Waals surface area (Å²) in [5.41, 5.74) is 2.01. The van der Waals surface area contributed by atoms with Crippen LogP contribution in [0.15, 0.2) is 36.5 Å². The van der Waals surface area contributed by atoms with E-state index < -0.39 is 0 Å². The molecule has 1 aromatic heterocycles. The van der Waals surface area contributed by atoms with Gasteiger partial charge in [0.2, 0.25) is 0 Å². The molecule has 1 amide bonds. The number of amides is 1. The Balaban J connectivity index is 2.13. The summed E-state index contributed by atoms with van der Waals surface area (Å²) in [6, 6.07) is 7.31. The van der Waals surface area contributed by atoms with Crippen LogP contribution in [0.3, 0.4) is 0 Å². The molecule has 2 aromatic rings. The van der Waals surface area contributed by atoms with Crippen LogP contribution in [0.2, 0.25) is 0 Å². The Hall–Kier alpha value is -2.71. The number of hydrogen-bond acceptors (Lipinski definition) is 3. The van der Waals surface area contributed by atoms with E-state index in [1.165, 1.54) is 30.5 Å². The number of halogens is 1. The van der Waals surface area contributed by atoms with E-state index in [0.717, 1.165) is 0 Å². The minimum Gasteiger partial charge on any atom is -0.384 e. The molecule has 2 N–H and O–H groups in total. The molecule has 0 atom stereocenters. The maximum absolute atomic E-state index is 13.0. The number of aliphatic hydroxyl groups excluding tert-OH is 1. The Morgan fingerprint density at radius 1 is 1.38 bits per heavy atom. The van der Waals surface area contributed by atoms with Crippen molar-refractivity contribution in [2.75, 3.05) is 11.9 Å². The van der Waals surface area contributed by atoms with E-state index in [4.69, 9.17) is 5.11 Å². The van der Waals surface area contributed by atoms with E-state index in [0.29, 0.717) is 16.8 Å². The number of hydrogen-bond donors (Lipinski definition) is 2. The van der Waals surface area contributed by atoms with Crippen molar-refractivity contribution in [3.63, 3.8) is 0 Å². The first-order valence-electron chi connectivity index (χ1n) is 6.23. The predicted molar refractivity (Wildman–Crippen MR) is 77.3 cm³/mol. The topological polar surface area (TPSA) is 62.2 Å². The first-order chi connectivity index (χ1) is 10.1. The highest BCUT2D eigenvalue weighted by Gasteiger charge is 2.09. The van der Waals surface area contributed by atoms with Gasteiger partial charge in [0.05, 0.1) is 0 Å². The number of nitrogens with zero attached hydrogens (tertiary/aromatic N) is 1. The van der Waals surface area contributed by atoms with Gasteiger partial charge < -0.3 is 10.4 Å². The lowest BCUT2D eigenvalue weighted by Crippen LogP contribution is -2.14. The number of nitrogens with one attached hydrogen (secondary N) is 1. The third-order valence-corrected chi connectivity index (χ3v) is 2.74. The molecule has 0 aliphatic heterocycles. The number of aryl methyl sites for hydroxylation is 1. The summed E-state index contributed by atoms with van der Waals surface area (Å²) in [6.45, 7) is 1.48. The fourth-order valence-electron chi connectivity index (χ4n) is 1.70. The SMILES string of the molecule is Cc1cc(F)ccc1NC(=O)c1ccc(C#CCO)cn1. The molecule has 0 aliphatic rings. The van der Waals surface area contributed by atoms with Gasteiger partial charge in [-0.3, -0.25) is 4.79 Å². The largest absolute Gasteiger partial charge is 0.384 e. The molecule has 2 rings (SSSR count). The zero-order valence-corrected chi connectivity index (χ0v) is 11.4. The molecule has 1 aromatic carbocycles. The summed E-state index contributed by atoms with van der Waals surface area (Å²) < 4.78 is 13.0. The molecular formula is C16H13FN2O2. The molecule has 21 heavy (non-hydrogen) atoms. The van der Waals surface area contributed by atoms with Gasteiger partial charge in [0.15, 0.2) is 0 Å². The molecule has 4 nitrogen and oxygen atoms in total. The molecule has 1 heterocycles. The second kappa shape index (κ2) is 6.64. The molecule has 0 saturated carbocycles. The highest BCUT2D eigenvalue weighted by Crippen LogP contribution is 2.16. The zero-order valence-electron chi connectivity index (χ0n) is 11.4. The van der Waals surface area contributed by atoms with Crippen LogP contribution in [-0.4, -0.2) is 22.6 Å². The Morgan fingerprint density at radius 3 is 2.81 bits per heavy atom. The van der Waals surface area contributed by atoms with Crippen molar-refractivity contribution >= 4 is 11.6 Å². The standard InChI is InChI=1S/C16H13FN2O2/c1-11-9-13(17)5-7-14(11)19-16(21)15-6-4-12(10-18-15)3-2-8-20/h4-7,9-10,20H,8H2,1H3,(H,19,21). The summed E-state index contributed by atoms with van der Waals surface area (Å²) in [4.78, 5) is 16.0. The minimum atomic E-state index is -0.383. The van der Waals surface area contributed by atoms with Gasteiger partial charge in [0.1, 0.15) is 18.1 Å². The third kappa shape index (κ3) is 3.88. The number of pyridine rings is 1. The van der Waals surface area contributed by atoms with Gasteiger partial charge in [-0.2, -0.15) is 0 Å². The van der Waals surface area contributed by atoms with E-state index in [2.05, 4.69) is 22.1 Å². The lowest BCUT2D eigenvalue weighted by Gasteiger charge is -2.07. The number of aromatic nitrogens is 1. The van der Waals surface area contributed by atoms with E-state index in [1.54, 1.807) is 13.0 Å². The van der Waals surface area contributed by atoms with Crippen LogP contribution >= 0.6 is 0 Å². The number of carbonyl (C=O) groups is 1. The number of carbonyl (C=O) groups excluding carboxylic acids is 1. The number of benzene rings is 1. The quantitative estimate of drug-likeness (QED) is 0.830. The molecule has 0 bridgehead atoms. The molecule has 5 heteroatoms. The van der Waals surface area contributed by atoms with Crippen molar-refractivity contribution in [2.24, 2.45) is 0 Å². The average molecular weight is 284 g/mol. The van der Waals surface area contributed by atoms with Crippen LogP contribution in [0.1, 0.15) is 21.6 Å². The van der Waals surface area contributed by atoms with Crippen LogP contribution in [0.4, 0.5) is 10.1 Å². The van der Waals surface area contributed by atoms with Gasteiger partial charge >= 0.3 is 0 Å². The van der Waals surface area contributed by atoms with Gasteiger partial charge in [0.25, 0.3) is 5.91 Å². The highest BCUT2D eigenvalue weighted by molar-refractivity contribution is 6.03. The maximum Gasteiger partial charge on any atom is 0.274 e. The van der Waals surface area contributed by atoms with Crippen molar-refractivity contribution < 1.29 is 14.3 Å². The lowest BCUT2D eigenvalue weighted by molar-refractivity contribution is 0.102. The molecule has 0 aliphatic carbocycles. The second-order valence-corrected chi connectivity index (χ2v) is 4.31. The van der Waals surface area contributed by atoms with Crippen LogP contribution in [0.5, 0.6) is 0 Å². The van der Waals surface area contributed by atoms with E-state index >= 15 is 0 Å². The zero-order chi connectivity index (χ0) is 15.2. The van der Waals surface area contributed by atoms with Crippen molar-refractivity contribution in [3.8, 4) is 11.8 Å². The van der Waals surface area contributed by atoms with Gasteiger partial charge in [-0.05, 0) is 42.8 Å². The molecule has 106 valence electrons. The second-order valence-electron chi connectivity index (χ2n) is 4.31.